The quantitative estimate of drug-likeness (QED) is 0.863. The molecule has 1 N–H and O–H groups in total. The molecule has 1 amide bonds. The summed E-state index contributed by atoms with van der Waals surface area (Å²) in [7, 11) is 0. The van der Waals surface area contributed by atoms with Gasteiger partial charge >= 0.3 is 0 Å². The number of benzene rings is 1. The zero-order valence-corrected chi connectivity index (χ0v) is 11.3. The van der Waals surface area contributed by atoms with Gasteiger partial charge in [0.1, 0.15) is 0 Å². The first-order valence-corrected chi connectivity index (χ1v) is 6.83. The lowest BCUT2D eigenvalue weighted by Crippen LogP contribution is -2.39. The van der Waals surface area contributed by atoms with Crippen LogP contribution in [0.1, 0.15) is 27.9 Å². The maximum absolute atomic E-state index is 13.5. The van der Waals surface area contributed by atoms with Crippen molar-refractivity contribution in [1.29, 1.82) is 0 Å². The lowest BCUT2D eigenvalue weighted by atomic mass is 9.88. The largest absolute Gasteiger partial charge is 0.349 e. The number of rotatable bonds is 2. The smallest absolute Gasteiger partial charge is 0.254 e. The maximum Gasteiger partial charge on any atom is 0.254 e. The molecule has 108 valence electrons. The molecular formula is C16H14F2N2O. The van der Waals surface area contributed by atoms with E-state index in [2.05, 4.69) is 16.4 Å². The Morgan fingerprint density at radius 3 is 2.76 bits per heavy atom. The zero-order valence-electron chi connectivity index (χ0n) is 11.3. The van der Waals surface area contributed by atoms with Gasteiger partial charge in [0.2, 0.25) is 5.95 Å². The summed E-state index contributed by atoms with van der Waals surface area (Å²) in [6.45, 7) is 0. The summed E-state index contributed by atoms with van der Waals surface area (Å²) < 4.78 is 26.6. The van der Waals surface area contributed by atoms with E-state index in [0.717, 1.165) is 19.0 Å². The van der Waals surface area contributed by atoms with Crippen molar-refractivity contribution in [2.24, 2.45) is 0 Å². The fraction of sp³-hybridized carbons (Fsp3) is 0.250. The van der Waals surface area contributed by atoms with Gasteiger partial charge in [-0.25, -0.2) is 9.37 Å². The molecule has 0 radical (unpaired) electrons. The Hall–Kier alpha value is -2.30. The van der Waals surface area contributed by atoms with Gasteiger partial charge in [-0.2, -0.15) is 4.39 Å². The molecule has 1 heterocycles. The van der Waals surface area contributed by atoms with E-state index >= 15 is 0 Å². The fourth-order valence-corrected chi connectivity index (χ4v) is 2.68. The summed E-state index contributed by atoms with van der Waals surface area (Å²) in [4.78, 5) is 15.2. The highest BCUT2D eigenvalue weighted by Gasteiger charge is 2.22. The number of nitrogens with zero attached hydrogens (tertiary/aromatic N) is 1. The second-order valence-corrected chi connectivity index (χ2v) is 5.15. The van der Waals surface area contributed by atoms with Crippen LogP contribution in [0.5, 0.6) is 0 Å². The second kappa shape index (κ2) is 5.60. The zero-order chi connectivity index (χ0) is 14.8. The van der Waals surface area contributed by atoms with E-state index < -0.39 is 17.7 Å². The minimum Gasteiger partial charge on any atom is -0.349 e. The number of carbonyl (C=O) groups excluding carboxylic acids is 1. The minimum atomic E-state index is -1.25. The Kier molecular flexibility index (Phi) is 3.64. The summed E-state index contributed by atoms with van der Waals surface area (Å²) in [6, 6.07) is 9.17. The Labute approximate surface area is 121 Å². The highest BCUT2D eigenvalue weighted by atomic mass is 19.2. The number of carbonyl (C=O) groups is 1. The number of amides is 1. The first-order chi connectivity index (χ1) is 10.1. The Morgan fingerprint density at radius 2 is 1.95 bits per heavy atom. The third-order valence-electron chi connectivity index (χ3n) is 3.77. The molecule has 0 fully saturated rings. The van der Waals surface area contributed by atoms with Gasteiger partial charge < -0.3 is 5.32 Å². The molecular weight excluding hydrogens is 274 g/mol. The third kappa shape index (κ3) is 2.77. The van der Waals surface area contributed by atoms with E-state index in [9.17, 15) is 13.6 Å². The topological polar surface area (TPSA) is 42.0 Å². The molecule has 1 aliphatic rings. The maximum atomic E-state index is 13.5. The van der Waals surface area contributed by atoms with Crippen LogP contribution < -0.4 is 5.32 Å². The standard InChI is InChI=1S/C16H14F2N2O/c17-14-13(7-8-19-15(14)18)16(21)20-12-6-5-10-3-1-2-4-11(10)9-12/h1-4,7-8,12H,5-6,9H2,(H,20,21). The number of aryl methyl sites for hydroxylation is 1. The summed E-state index contributed by atoms with van der Waals surface area (Å²) >= 11 is 0. The van der Waals surface area contributed by atoms with Crippen LogP contribution in [0, 0.1) is 11.8 Å². The van der Waals surface area contributed by atoms with E-state index in [-0.39, 0.29) is 11.6 Å². The summed E-state index contributed by atoms with van der Waals surface area (Å²) in [5, 5.41) is 2.77. The van der Waals surface area contributed by atoms with Crippen molar-refractivity contribution in [3.63, 3.8) is 0 Å². The number of aromatic nitrogens is 1. The average Bonchev–Trinajstić information content (AvgIpc) is 2.50. The van der Waals surface area contributed by atoms with E-state index in [1.54, 1.807) is 0 Å². The molecule has 21 heavy (non-hydrogen) atoms. The molecule has 3 rings (SSSR count). The molecule has 0 bridgehead atoms. The summed E-state index contributed by atoms with van der Waals surface area (Å²) in [5.74, 6) is -3.05. The van der Waals surface area contributed by atoms with Crippen molar-refractivity contribution >= 4 is 5.91 Å². The van der Waals surface area contributed by atoms with Crippen molar-refractivity contribution in [2.75, 3.05) is 0 Å². The van der Waals surface area contributed by atoms with Gasteiger partial charge in [-0.15, -0.1) is 0 Å². The van der Waals surface area contributed by atoms with E-state index in [4.69, 9.17) is 0 Å². The van der Waals surface area contributed by atoms with Crippen molar-refractivity contribution in [3.8, 4) is 0 Å². The number of halogens is 2. The van der Waals surface area contributed by atoms with Crippen molar-refractivity contribution in [2.45, 2.75) is 25.3 Å². The van der Waals surface area contributed by atoms with E-state index in [1.807, 2.05) is 18.2 Å². The highest BCUT2D eigenvalue weighted by molar-refractivity contribution is 5.94. The van der Waals surface area contributed by atoms with E-state index in [1.165, 1.54) is 17.2 Å². The minimum absolute atomic E-state index is 0.0666. The Morgan fingerprint density at radius 1 is 1.19 bits per heavy atom. The van der Waals surface area contributed by atoms with Gasteiger partial charge in [0.15, 0.2) is 5.82 Å². The molecule has 1 atom stereocenters. The van der Waals surface area contributed by atoms with E-state index in [0.29, 0.717) is 6.42 Å². The predicted octanol–water partition coefficient (Wildman–Crippen LogP) is 2.65. The molecule has 5 heteroatoms. The van der Waals surface area contributed by atoms with Gasteiger partial charge in [-0.3, -0.25) is 4.79 Å². The van der Waals surface area contributed by atoms with Gasteiger partial charge in [0, 0.05) is 12.2 Å². The van der Waals surface area contributed by atoms with Crippen molar-refractivity contribution in [3.05, 3.63) is 65.0 Å². The van der Waals surface area contributed by atoms with Crippen LogP contribution in [0.25, 0.3) is 0 Å². The number of hydrogen-bond acceptors (Lipinski definition) is 2. The lowest BCUT2D eigenvalue weighted by molar-refractivity contribution is 0.0928. The van der Waals surface area contributed by atoms with Crippen LogP contribution in [0.2, 0.25) is 0 Å². The summed E-state index contributed by atoms with van der Waals surface area (Å²) in [6.07, 6.45) is 3.45. The van der Waals surface area contributed by atoms with Gasteiger partial charge in [0.05, 0.1) is 5.56 Å². The normalized spacial score (nSPS) is 17.1. The first kappa shape index (κ1) is 13.7. The lowest BCUT2D eigenvalue weighted by Gasteiger charge is -2.25. The van der Waals surface area contributed by atoms with Crippen molar-refractivity contribution < 1.29 is 13.6 Å². The highest BCUT2D eigenvalue weighted by Crippen LogP contribution is 2.21. The molecule has 0 saturated carbocycles. The molecule has 2 aromatic rings. The van der Waals surface area contributed by atoms with Crippen molar-refractivity contribution in [1.82, 2.24) is 10.3 Å². The van der Waals surface area contributed by atoms with Crippen LogP contribution in [-0.4, -0.2) is 16.9 Å². The average molecular weight is 288 g/mol. The number of fused-ring (bicyclic) bond motifs is 1. The molecule has 1 aromatic carbocycles. The number of hydrogen-bond donors (Lipinski definition) is 1. The van der Waals surface area contributed by atoms with Crippen LogP contribution in [-0.2, 0) is 12.8 Å². The third-order valence-corrected chi connectivity index (χ3v) is 3.77. The van der Waals surface area contributed by atoms with Crippen LogP contribution in [0.4, 0.5) is 8.78 Å². The predicted molar refractivity (Wildman–Crippen MR) is 73.9 cm³/mol. The molecule has 1 unspecified atom stereocenters. The van der Waals surface area contributed by atoms with Gasteiger partial charge in [0.25, 0.3) is 5.91 Å². The van der Waals surface area contributed by atoms with Crippen LogP contribution in [0.15, 0.2) is 36.5 Å². The number of pyridine rings is 1. The monoisotopic (exact) mass is 288 g/mol. The van der Waals surface area contributed by atoms with Crippen LogP contribution in [0.3, 0.4) is 0 Å². The fourth-order valence-electron chi connectivity index (χ4n) is 2.68. The Balaban J connectivity index is 1.73. The first-order valence-electron chi connectivity index (χ1n) is 6.83. The molecule has 0 aliphatic heterocycles. The second-order valence-electron chi connectivity index (χ2n) is 5.15. The summed E-state index contributed by atoms with van der Waals surface area (Å²) in [5.41, 5.74) is 2.17. The molecule has 3 nitrogen and oxygen atoms in total. The molecule has 1 aromatic heterocycles. The van der Waals surface area contributed by atoms with Gasteiger partial charge in [-0.1, -0.05) is 24.3 Å². The molecule has 1 aliphatic carbocycles. The Bertz CT molecular complexity index is 688. The van der Waals surface area contributed by atoms with Crippen LogP contribution >= 0.6 is 0 Å². The molecule has 0 spiro atoms. The number of nitrogens with one attached hydrogen (secondary N) is 1. The van der Waals surface area contributed by atoms with Gasteiger partial charge in [-0.05, 0) is 36.5 Å². The molecule has 0 saturated heterocycles. The SMILES string of the molecule is O=C(NC1CCc2ccccc2C1)c1ccnc(F)c1F.